The number of hydrogen-bond donors (Lipinski definition) is 0. The smallest absolute Gasteiger partial charge is 0.155 e. The van der Waals surface area contributed by atoms with Crippen molar-refractivity contribution in [3.63, 3.8) is 0 Å². The Morgan fingerprint density at radius 1 is 1.12 bits per heavy atom. The predicted molar refractivity (Wildman–Crippen MR) is 70.2 cm³/mol. The summed E-state index contributed by atoms with van der Waals surface area (Å²) in [4.78, 5) is 4.34. The fraction of sp³-hybridized carbons (Fsp3) is 0.571. The van der Waals surface area contributed by atoms with Crippen LogP contribution in [0.5, 0.6) is 0 Å². The molecular weight excluding hydrogens is 210 g/mol. The van der Waals surface area contributed by atoms with Crippen LogP contribution >= 0.6 is 0 Å². The van der Waals surface area contributed by atoms with Gasteiger partial charge in [-0.3, -0.25) is 0 Å². The summed E-state index contributed by atoms with van der Waals surface area (Å²) < 4.78 is 1.99. The van der Waals surface area contributed by atoms with Crippen LogP contribution in [0.4, 0.5) is 0 Å². The maximum Gasteiger partial charge on any atom is 0.155 e. The molecule has 3 heteroatoms. The van der Waals surface area contributed by atoms with Gasteiger partial charge >= 0.3 is 0 Å². The van der Waals surface area contributed by atoms with Crippen LogP contribution in [0.1, 0.15) is 52.1 Å². The molecule has 3 nitrogen and oxygen atoms in total. The average Bonchev–Trinajstić information content (AvgIpc) is 2.77. The van der Waals surface area contributed by atoms with Gasteiger partial charge in [0.25, 0.3) is 0 Å². The first kappa shape index (κ1) is 12.1. The van der Waals surface area contributed by atoms with Gasteiger partial charge in [0.05, 0.1) is 11.9 Å². The summed E-state index contributed by atoms with van der Waals surface area (Å²) in [6.45, 7) is 6.83. The molecule has 0 radical (unpaired) electrons. The number of aromatic nitrogens is 3. The molecule has 2 aromatic rings. The lowest BCUT2D eigenvalue weighted by atomic mass is 9.78. The van der Waals surface area contributed by atoms with Crippen LogP contribution < -0.4 is 0 Å². The molecule has 2 heterocycles. The number of nitrogens with zero attached hydrogens (tertiary/aromatic N) is 3. The molecular formula is C14H21N3. The van der Waals surface area contributed by atoms with Crippen molar-refractivity contribution in [3.05, 3.63) is 30.2 Å². The lowest BCUT2D eigenvalue weighted by molar-refractivity contribution is 0.373. The van der Waals surface area contributed by atoms with Crippen molar-refractivity contribution in [2.24, 2.45) is 0 Å². The Morgan fingerprint density at radius 3 is 2.47 bits per heavy atom. The van der Waals surface area contributed by atoms with Crippen molar-refractivity contribution in [3.8, 4) is 0 Å². The average molecular weight is 231 g/mol. The van der Waals surface area contributed by atoms with Gasteiger partial charge in [-0.25, -0.2) is 9.50 Å². The highest BCUT2D eigenvalue weighted by Crippen LogP contribution is 2.33. The van der Waals surface area contributed by atoms with Gasteiger partial charge in [-0.1, -0.05) is 33.6 Å². The molecule has 0 unspecified atom stereocenters. The zero-order valence-corrected chi connectivity index (χ0v) is 11.0. The number of rotatable bonds is 5. The zero-order valence-electron chi connectivity index (χ0n) is 11.0. The minimum atomic E-state index is 0.205. The van der Waals surface area contributed by atoms with Gasteiger partial charge < -0.3 is 0 Å². The molecule has 0 aliphatic rings. The van der Waals surface area contributed by atoms with Crippen molar-refractivity contribution in [1.82, 2.24) is 14.6 Å². The normalized spacial score (nSPS) is 12.2. The third kappa shape index (κ3) is 2.19. The molecule has 0 fully saturated rings. The van der Waals surface area contributed by atoms with E-state index in [0.29, 0.717) is 0 Å². The van der Waals surface area contributed by atoms with E-state index in [2.05, 4.69) is 36.9 Å². The minimum Gasteiger partial charge on any atom is -0.237 e. The largest absolute Gasteiger partial charge is 0.237 e. The van der Waals surface area contributed by atoms with Crippen LogP contribution in [0.2, 0.25) is 0 Å². The van der Waals surface area contributed by atoms with Crippen LogP contribution in [-0.2, 0) is 5.41 Å². The van der Waals surface area contributed by atoms with Gasteiger partial charge in [0.15, 0.2) is 5.65 Å². The third-order valence-electron chi connectivity index (χ3n) is 3.51. The van der Waals surface area contributed by atoms with Gasteiger partial charge in [0.2, 0.25) is 0 Å². The summed E-state index contributed by atoms with van der Waals surface area (Å²) in [6.07, 6.45) is 8.50. The van der Waals surface area contributed by atoms with E-state index in [9.17, 15) is 0 Å². The molecule has 0 spiro atoms. The zero-order chi connectivity index (χ0) is 12.3. The first-order chi connectivity index (χ1) is 8.21. The summed E-state index contributed by atoms with van der Waals surface area (Å²) in [5.74, 6) is 0. The van der Waals surface area contributed by atoms with Crippen molar-refractivity contribution in [1.29, 1.82) is 0 Å². The highest BCUT2D eigenvalue weighted by Gasteiger charge is 2.27. The Hall–Kier alpha value is -1.38. The van der Waals surface area contributed by atoms with Crippen LogP contribution in [0.3, 0.4) is 0 Å². The molecule has 0 saturated carbocycles. The molecule has 17 heavy (non-hydrogen) atoms. The molecule has 0 aliphatic carbocycles. The first-order valence-corrected chi connectivity index (χ1v) is 6.50. The van der Waals surface area contributed by atoms with Gasteiger partial charge in [-0.05, 0) is 18.9 Å². The first-order valence-electron chi connectivity index (χ1n) is 6.50. The maximum absolute atomic E-state index is 4.40. The summed E-state index contributed by atoms with van der Waals surface area (Å²) in [5, 5.41) is 4.40. The van der Waals surface area contributed by atoms with Crippen molar-refractivity contribution in [2.75, 3.05) is 0 Å². The number of fused-ring (bicyclic) bond motifs is 1. The number of hydrogen-bond acceptors (Lipinski definition) is 2. The molecule has 0 bridgehead atoms. The van der Waals surface area contributed by atoms with Crippen LogP contribution in [0.25, 0.3) is 5.65 Å². The topological polar surface area (TPSA) is 30.2 Å². The summed E-state index contributed by atoms with van der Waals surface area (Å²) in [5.41, 5.74) is 2.44. The SMILES string of the molecule is CCCC(C)(CCC)c1ccnc2ccnn12. The van der Waals surface area contributed by atoms with E-state index in [1.165, 1.54) is 31.4 Å². The highest BCUT2D eigenvalue weighted by molar-refractivity contribution is 5.38. The van der Waals surface area contributed by atoms with Gasteiger partial charge in [0, 0.05) is 17.7 Å². The summed E-state index contributed by atoms with van der Waals surface area (Å²) >= 11 is 0. The quantitative estimate of drug-likeness (QED) is 0.787. The lowest BCUT2D eigenvalue weighted by Gasteiger charge is -2.29. The second kappa shape index (κ2) is 4.86. The molecule has 0 saturated heterocycles. The van der Waals surface area contributed by atoms with Crippen LogP contribution in [0.15, 0.2) is 24.5 Å². The highest BCUT2D eigenvalue weighted by atomic mass is 15.2. The molecule has 92 valence electrons. The standard InChI is InChI=1S/C14H21N3/c1-4-8-14(3,9-5-2)12-6-10-15-13-7-11-16-17(12)13/h6-7,10-11H,4-5,8-9H2,1-3H3. The predicted octanol–water partition coefficient (Wildman–Crippen LogP) is 3.59. The third-order valence-corrected chi connectivity index (χ3v) is 3.51. The Morgan fingerprint density at radius 2 is 1.82 bits per heavy atom. The molecule has 0 aromatic carbocycles. The second-order valence-corrected chi connectivity index (χ2v) is 4.99. The van der Waals surface area contributed by atoms with E-state index >= 15 is 0 Å². The summed E-state index contributed by atoms with van der Waals surface area (Å²) in [7, 11) is 0. The Bertz CT molecular complexity index is 481. The van der Waals surface area contributed by atoms with E-state index in [-0.39, 0.29) is 5.41 Å². The monoisotopic (exact) mass is 231 g/mol. The summed E-state index contributed by atoms with van der Waals surface area (Å²) in [6, 6.07) is 4.08. The Kier molecular flexibility index (Phi) is 3.46. The van der Waals surface area contributed by atoms with Gasteiger partial charge in [0.1, 0.15) is 0 Å². The molecule has 0 amide bonds. The van der Waals surface area contributed by atoms with Crippen molar-refractivity contribution in [2.45, 2.75) is 51.9 Å². The van der Waals surface area contributed by atoms with Crippen LogP contribution in [0, 0.1) is 0 Å². The lowest BCUT2D eigenvalue weighted by Crippen LogP contribution is -2.25. The van der Waals surface area contributed by atoms with E-state index in [4.69, 9.17) is 0 Å². The molecule has 0 aliphatic heterocycles. The van der Waals surface area contributed by atoms with Crippen molar-refractivity contribution < 1.29 is 0 Å². The van der Waals surface area contributed by atoms with E-state index in [1.54, 1.807) is 0 Å². The minimum absolute atomic E-state index is 0.205. The van der Waals surface area contributed by atoms with E-state index in [0.717, 1.165) is 5.65 Å². The second-order valence-electron chi connectivity index (χ2n) is 4.99. The van der Waals surface area contributed by atoms with Gasteiger partial charge in [-0.2, -0.15) is 5.10 Å². The Balaban J connectivity index is 2.51. The molecule has 0 atom stereocenters. The van der Waals surface area contributed by atoms with E-state index in [1.807, 2.05) is 23.0 Å². The Labute approximate surface area is 103 Å². The van der Waals surface area contributed by atoms with Gasteiger partial charge in [-0.15, -0.1) is 0 Å². The molecule has 0 N–H and O–H groups in total. The molecule has 2 rings (SSSR count). The van der Waals surface area contributed by atoms with Crippen molar-refractivity contribution >= 4 is 5.65 Å². The van der Waals surface area contributed by atoms with E-state index < -0.39 is 0 Å². The fourth-order valence-corrected chi connectivity index (χ4v) is 2.78. The maximum atomic E-state index is 4.40. The van der Waals surface area contributed by atoms with Crippen LogP contribution in [-0.4, -0.2) is 14.6 Å². The molecule has 2 aromatic heterocycles. The fourth-order valence-electron chi connectivity index (χ4n) is 2.78.